The molecule has 1 aromatic rings. The zero-order chi connectivity index (χ0) is 13.7. The minimum absolute atomic E-state index is 0.690. The summed E-state index contributed by atoms with van der Waals surface area (Å²) in [6.45, 7) is 10.6. The largest absolute Gasteiger partial charge is 0.291 e. The summed E-state index contributed by atoms with van der Waals surface area (Å²) in [6.07, 6.45) is 1.31. The van der Waals surface area contributed by atoms with Gasteiger partial charge < -0.3 is 0 Å². The van der Waals surface area contributed by atoms with Gasteiger partial charge in [-0.25, -0.2) is 0 Å². The molecule has 1 aromatic carbocycles. The van der Waals surface area contributed by atoms with Crippen LogP contribution in [0.25, 0.3) is 0 Å². The molecule has 0 amide bonds. The summed E-state index contributed by atoms with van der Waals surface area (Å²) >= 11 is 6.76. The molecule has 0 aliphatic heterocycles. The predicted molar refractivity (Wildman–Crippen MR) is 80.5 cm³/mol. The van der Waals surface area contributed by atoms with Crippen molar-refractivity contribution in [1.82, 2.24) is 0 Å². The Morgan fingerprint density at radius 2 is 1.65 bits per heavy atom. The second-order valence-corrected chi connectivity index (χ2v) is 4.81. The van der Waals surface area contributed by atoms with Crippen LogP contribution in [-0.4, -0.2) is 5.62 Å². The van der Waals surface area contributed by atoms with E-state index in [4.69, 9.17) is 11.6 Å². The van der Waals surface area contributed by atoms with Crippen LogP contribution in [0.3, 0.4) is 0 Å². The van der Waals surface area contributed by atoms with E-state index in [1.165, 1.54) is 6.42 Å². The summed E-state index contributed by atoms with van der Waals surface area (Å²) in [7, 11) is 0. The highest BCUT2D eigenvalue weighted by molar-refractivity contribution is 8.11. The van der Waals surface area contributed by atoms with Gasteiger partial charge in [-0.05, 0) is 30.2 Å². The Labute approximate surface area is 115 Å². The zero-order valence-electron chi connectivity index (χ0n) is 11.4. The van der Waals surface area contributed by atoms with Crippen LogP contribution in [0, 0.1) is 5.92 Å². The molecule has 0 fully saturated rings. The molecule has 0 saturated carbocycles. The van der Waals surface area contributed by atoms with E-state index < -0.39 is 0 Å². The minimum atomic E-state index is 0.690. The van der Waals surface area contributed by atoms with Crippen molar-refractivity contribution in [3.8, 4) is 0 Å². The average molecular weight is 275 g/mol. The number of thioether (sulfide) groups is 1. The molecule has 0 heterocycles. The van der Waals surface area contributed by atoms with Gasteiger partial charge in [0.25, 0.3) is 0 Å². The molecule has 0 aromatic heterocycles. The molecule has 0 aliphatic carbocycles. The standard InChI is InChI=1S/C7H5ClOS.C5H12.C2H6/c8-6-1-3-7(4-2-6)10-5-9;1-4-5(2)3;1-2/h1-5H;5H,4H2,1-3H3;1-2H3. The smallest absolute Gasteiger partial charge is 0.180 e. The Bertz CT molecular complexity index is 270. The second-order valence-electron chi connectivity index (χ2n) is 3.47. The third-order valence-corrected chi connectivity index (χ3v) is 2.71. The molecule has 0 atom stereocenters. The lowest BCUT2D eigenvalue weighted by Gasteiger charge is -1.91. The van der Waals surface area contributed by atoms with Crippen molar-refractivity contribution in [3.63, 3.8) is 0 Å². The van der Waals surface area contributed by atoms with Crippen LogP contribution in [-0.2, 0) is 4.79 Å². The van der Waals surface area contributed by atoms with Crippen LogP contribution in [0.1, 0.15) is 41.0 Å². The average Bonchev–Trinajstić information content (AvgIpc) is 2.36. The van der Waals surface area contributed by atoms with Crippen molar-refractivity contribution in [2.24, 2.45) is 5.92 Å². The normalized spacial score (nSPS) is 8.65. The molecular formula is C14H23ClOS. The third kappa shape index (κ3) is 13.5. The van der Waals surface area contributed by atoms with Gasteiger partial charge in [-0.3, -0.25) is 4.79 Å². The molecule has 1 nitrogen and oxygen atoms in total. The Kier molecular flexibility index (Phi) is 15.1. The Balaban J connectivity index is 0. The quantitative estimate of drug-likeness (QED) is 0.519. The maximum Gasteiger partial charge on any atom is 0.180 e. The van der Waals surface area contributed by atoms with Crippen LogP contribution < -0.4 is 0 Å². The van der Waals surface area contributed by atoms with Crippen molar-refractivity contribution in [1.29, 1.82) is 0 Å². The van der Waals surface area contributed by atoms with Gasteiger partial charge in [0.1, 0.15) is 0 Å². The van der Waals surface area contributed by atoms with E-state index >= 15 is 0 Å². The fourth-order valence-electron chi connectivity index (χ4n) is 0.569. The molecule has 0 aliphatic rings. The molecule has 17 heavy (non-hydrogen) atoms. The number of hydrogen-bond acceptors (Lipinski definition) is 2. The van der Waals surface area contributed by atoms with E-state index in [-0.39, 0.29) is 0 Å². The molecule has 0 N–H and O–H groups in total. The summed E-state index contributed by atoms with van der Waals surface area (Å²) in [6, 6.07) is 7.13. The lowest BCUT2D eigenvalue weighted by atomic mass is 10.2. The summed E-state index contributed by atoms with van der Waals surface area (Å²) in [5.74, 6) is 0.884. The highest BCUT2D eigenvalue weighted by atomic mass is 35.5. The van der Waals surface area contributed by atoms with Gasteiger partial charge in [0, 0.05) is 9.92 Å². The van der Waals surface area contributed by atoms with Gasteiger partial charge in [-0.1, -0.05) is 64.4 Å². The van der Waals surface area contributed by atoms with Crippen molar-refractivity contribution in [3.05, 3.63) is 29.3 Å². The van der Waals surface area contributed by atoms with E-state index in [1.807, 2.05) is 13.8 Å². The van der Waals surface area contributed by atoms with Gasteiger partial charge >= 0.3 is 0 Å². The van der Waals surface area contributed by atoms with Crippen LogP contribution in [0.2, 0.25) is 5.02 Å². The van der Waals surface area contributed by atoms with Crippen molar-refractivity contribution >= 4 is 29.0 Å². The molecular weight excluding hydrogens is 252 g/mol. The first kappa shape index (κ1) is 18.9. The van der Waals surface area contributed by atoms with Gasteiger partial charge in [-0.2, -0.15) is 0 Å². The first-order valence-corrected chi connectivity index (χ1v) is 7.21. The molecule has 3 heteroatoms. The lowest BCUT2D eigenvalue weighted by Crippen LogP contribution is -1.77. The summed E-state index contributed by atoms with van der Waals surface area (Å²) in [4.78, 5) is 10.9. The second kappa shape index (κ2) is 13.6. The molecule has 98 valence electrons. The summed E-state index contributed by atoms with van der Waals surface area (Å²) < 4.78 is 0. The summed E-state index contributed by atoms with van der Waals surface area (Å²) in [5, 5.41) is 0.690. The Morgan fingerprint density at radius 3 is 1.94 bits per heavy atom. The SMILES string of the molecule is CC.CCC(C)C.O=CSc1ccc(Cl)cc1. The molecule has 0 saturated heterocycles. The third-order valence-electron chi connectivity index (χ3n) is 1.81. The van der Waals surface area contributed by atoms with Crippen molar-refractivity contribution in [2.45, 2.75) is 45.9 Å². The van der Waals surface area contributed by atoms with E-state index in [2.05, 4.69) is 20.8 Å². The van der Waals surface area contributed by atoms with Crippen LogP contribution in [0.4, 0.5) is 0 Å². The van der Waals surface area contributed by atoms with E-state index in [0.29, 0.717) is 5.02 Å². The molecule has 1 rings (SSSR count). The first-order chi connectivity index (χ1) is 8.10. The van der Waals surface area contributed by atoms with Crippen molar-refractivity contribution in [2.75, 3.05) is 0 Å². The highest BCUT2D eigenvalue weighted by Gasteiger charge is 1.90. The monoisotopic (exact) mass is 274 g/mol. The van der Waals surface area contributed by atoms with Crippen LogP contribution in [0.15, 0.2) is 29.2 Å². The predicted octanol–water partition coefficient (Wildman–Crippen LogP) is 5.70. The van der Waals surface area contributed by atoms with Crippen molar-refractivity contribution < 1.29 is 4.79 Å². The maximum absolute atomic E-state index is 9.99. The van der Waals surface area contributed by atoms with Gasteiger partial charge in [0.15, 0.2) is 5.62 Å². The van der Waals surface area contributed by atoms with Gasteiger partial charge in [0.05, 0.1) is 0 Å². The fourth-order valence-corrected chi connectivity index (χ4v) is 1.10. The number of carbonyl (C=O) groups is 1. The van der Waals surface area contributed by atoms with Gasteiger partial charge in [0.2, 0.25) is 0 Å². The number of benzene rings is 1. The number of halogens is 1. The molecule has 0 spiro atoms. The van der Waals surface area contributed by atoms with E-state index in [9.17, 15) is 4.79 Å². The molecule has 0 unspecified atom stereocenters. The maximum atomic E-state index is 9.99. The number of carbonyl (C=O) groups excluding carboxylic acids is 1. The first-order valence-electron chi connectivity index (χ1n) is 5.96. The van der Waals surface area contributed by atoms with E-state index in [1.54, 1.807) is 24.3 Å². The highest BCUT2D eigenvalue weighted by Crippen LogP contribution is 2.17. The molecule has 0 bridgehead atoms. The zero-order valence-corrected chi connectivity index (χ0v) is 12.9. The Morgan fingerprint density at radius 1 is 1.24 bits per heavy atom. The van der Waals surface area contributed by atoms with E-state index in [0.717, 1.165) is 28.2 Å². The topological polar surface area (TPSA) is 17.1 Å². The fraction of sp³-hybridized carbons (Fsp3) is 0.500. The Hall–Kier alpha value is -0.470. The molecule has 0 radical (unpaired) electrons. The van der Waals surface area contributed by atoms with Crippen LogP contribution >= 0.6 is 23.4 Å². The number of rotatable bonds is 3. The lowest BCUT2D eigenvalue weighted by molar-refractivity contribution is 0.570. The minimum Gasteiger partial charge on any atom is -0.291 e. The summed E-state index contributed by atoms with van der Waals surface area (Å²) in [5.41, 5.74) is 0.795. The van der Waals surface area contributed by atoms with Gasteiger partial charge in [-0.15, -0.1) is 0 Å². The number of hydrogen-bond donors (Lipinski definition) is 0. The van der Waals surface area contributed by atoms with Crippen LogP contribution in [0.5, 0.6) is 0 Å².